The topological polar surface area (TPSA) is 57.6 Å². The van der Waals surface area contributed by atoms with E-state index in [9.17, 15) is 8.42 Å². The summed E-state index contributed by atoms with van der Waals surface area (Å²) in [5.74, 6) is 0.363. The lowest BCUT2D eigenvalue weighted by Gasteiger charge is -2.14. The number of aryl methyl sites for hydroxylation is 1. The van der Waals surface area contributed by atoms with Crippen molar-refractivity contribution >= 4 is 10.1 Å². The summed E-state index contributed by atoms with van der Waals surface area (Å²) in [6, 6.07) is 4.82. The monoisotopic (exact) mass is 255 g/mol. The van der Waals surface area contributed by atoms with Gasteiger partial charge >= 0.3 is 0 Å². The molecule has 94 valence electrons. The molecule has 1 heterocycles. The molecule has 5 heteroatoms. The Labute approximate surface area is 102 Å². The molecular weight excluding hydrogens is 238 g/mol. The fourth-order valence-electron chi connectivity index (χ4n) is 2.41. The molecule has 0 aliphatic carbocycles. The van der Waals surface area contributed by atoms with E-state index in [2.05, 4.69) is 11.9 Å². The molecule has 1 N–H and O–H groups in total. The Morgan fingerprint density at radius 3 is 2.65 bits per heavy atom. The van der Waals surface area contributed by atoms with E-state index in [0.717, 1.165) is 30.6 Å². The summed E-state index contributed by atoms with van der Waals surface area (Å²) >= 11 is 0. The maximum atomic E-state index is 11.1. The third-order valence-corrected chi connectivity index (χ3v) is 4.23. The summed E-state index contributed by atoms with van der Waals surface area (Å²) in [5.41, 5.74) is 2.11. The van der Waals surface area contributed by atoms with Crippen molar-refractivity contribution < 1.29 is 13.0 Å². The number of nitrogens with zero attached hydrogens (tertiary/aromatic N) is 1. The van der Waals surface area contributed by atoms with Gasteiger partial charge in [-0.25, -0.2) is 0 Å². The fourth-order valence-corrected chi connectivity index (χ4v) is 2.92. The molecule has 1 unspecified atom stereocenters. The van der Waals surface area contributed by atoms with Crippen LogP contribution in [0.15, 0.2) is 23.1 Å². The van der Waals surface area contributed by atoms with Gasteiger partial charge in [-0.1, -0.05) is 6.07 Å². The summed E-state index contributed by atoms with van der Waals surface area (Å²) in [7, 11) is -2.04. The molecule has 0 bridgehead atoms. The summed E-state index contributed by atoms with van der Waals surface area (Å²) in [4.78, 5) is 2.22. The Kier molecular flexibility index (Phi) is 3.25. The van der Waals surface area contributed by atoms with Gasteiger partial charge < -0.3 is 4.90 Å². The zero-order chi connectivity index (χ0) is 12.6. The Balaban J connectivity index is 2.40. The van der Waals surface area contributed by atoms with E-state index in [1.54, 1.807) is 12.1 Å². The second-order valence-electron chi connectivity index (χ2n) is 4.74. The zero-order valence-electron chi connectivity index (χ0n) is 10.0. The first-order valence-corrected chi connectivity index (χ1v) is 7.08. The molecule has 4 nitrogen and oxygen atoms in total. The minimum Gasteiger partial charge on any atom is -0.306 e. The van der Waals surface area contributed by atoms with Crippen molar-refractivity contribution in [2.75, 3.05) is 20.1 Å². The molecule has 0 radical (unpaired) electrons. The molecule has 1 saturated heterocycles. The van der Waals surface area contributed by atoms with Gasteiger partial charge in [-0.15, -0.1) is 0 Å². The van der Waals surface area contributed by atoms with Gasteiger partial charge in [0.1, 0.15) is 0 Å². The van der Waals surface area contributed by atoms with E-state index in [1.807, 2.05) is 6.92 Å². The molecule has 0 saturated carbocycles. The lowest BCUT2D eigenvalue weighted by Crippen LogP contribution is -2.14. The van der Waals surface area contributed by atoms with Crippen molar-refractivity contribution in [1.29, 1.82) is 0 Å². The SMILES string of the molecule is Cc1ccc(S(=O)(=O)O)cc1C1CCN(C)C1. The summed E-state index contributed by atoms with van der Waals surface area (Å²) < 4.78 is 31.3. The number of likely N-dealkylation sites (tertiary alicyclic amines) is 1. The van der Waals surface area contributed by atoms with E-state index in [-0.39, 0.29) is 4.90 Å². The predicted octanol–water partition coefficient (Wildman–Crippen LogP) is 1.66. The number of hydrogen-bond donors (Lipinski definition) is 1. The van der Waals surface area contributed by atoms with Crippen LogP contribution < -0.4 is 0 Å². The Morgan fingerprint density at radius 1 is 1.41 bits per heavy atom. The minimum absolute atomic E-state index is 0.00680. The molecule has 1 aromatic carbocycles. The molecule has 1 aromatic rings. The van der Waals surface area contributed by atoms with Crippen molar-refractivity contribution in [2.45, 2.75) is 24.2 Å². The van der Waals surface area contributed by atoms with Gasteiger partial charge in [-0.05, 0) is 56.1 Å². The van der Waals surface area contributed by atoms with Gasteiger partial charge in [0.15, 0.2) is 0 Å². The van der Waals surface area contributed by atoms with Crippen molar-refractivity contribution in [1.82, 2.24) is 4.90 Å². The van der Waals surface area contributed by atoms with E-state index in [0.29, 0.717) is 5.92 Å². The third-order valence-electron chi connectivity index (χ3n) is 3.38. The smallest absolute Gasteiger partial charge is 0.294 e. The number of likely N-dealkylation sites (N-methyl/N-ethyl adjacent to an activating group) is 1. The normalized spacial score (nSPS) is 21.9. The van der Waals surface area contributed by atoms with Crippen LogP contribution in [0.5, 0.6) is 0 Å². The standard InChI is InChI=1S/C12H17NO3S/c1-9-3-4-11(17(14,15)16)7-12(9)10-5-6-13(2)8-10/h3-4,7,10H,5-6,8H2,1-2H3,(H,14,15,16). The van der Waals surface area contributed by atoms with E-state index in [1.165, 1.54) is 6.07 Å². The van der Waals surface area contributed by atoms with Gasteiger partial charge in [0.2, 0.25) is 0 Å². The van der Waals surface area contributed by atoms with E-state index < -0.39 is 10.1 Å². The van der Waals surface area contributed by atoms with Crippen LogP contribution in [0.25, 0.3) is 0 Å². The van der Waals surface area contributed by atoms with E-state index in [4.69, 9.17) is 4.55 Å². The first kappa shape index (κ1) is 12.5. The lowest BCUT2D eigenvalue weighted by atomic mass is 9.94. The average molecular weight is 255 g/mol. The highest BCUT2D eigenvalue weighted by Gasteiger charge is 2.23. The van der Waals surface area contributed by atoms with Crippen LogP contribution >= 0.6 is 0 Å². The molecule has 1 aliphatic heterocycles. The van der Waals surface area contributed by atoms with Gasteiger partial charge in [-0.3, -0.25) is 4.55 Å². The molecular formula is C12H17NO3S. The summed E-state index contributed by atoms with van der Waals surface area (Å²) in [5, 5.41) is 0. The quantitative estimate of drug-likeness (QED) is 0.817. The van der Waals surface area contributed by atoms with Crippen LogP contribution in [0.4, 0.5) is 0 Å². The Hall–Kier alpha value is -0.910. The fraction of sp³-hybridized carbons (Fsp3) is 0.500. The Bertz CT molecular complexity index is 525. The molecule has 1 atom stereocenters. The highest BCUT2D eigenvalue weighted by atomic mass is 32.2. The van der Waals surface area contributed by atoms with Crippen LogP contribution in [0.1, 0.15) is 23.5 Å². The highest BCUT2D eigenvalue weighted by molar-refractivity contribution is 7.85. The number of hydrogen-bond acceptors (Lipinski definition) is 3. The first-order chi connectivity index (χ1) is 7.88. The second-order valence-corrected chi connectivity index (χ2v) is 6.16. The zero-order valence-corrected chi connectivity index (χ0v) is 10.9. The highest BCUT2D eigenvalue weighted by Crippen LogP contribution is 2.30. The van der Waals surface area contributed by atoms with E-state index >= 15 is 0 Å². The van der Waals surface area contributed by atoms with Crippen molar-refractivity contribution in [3.63, 3.8) is 0 Å². The average Bonchev–Trinajstić information content (AvgIpc) is 2.63. The van der Waals surface area contributed by atoms with Crippen LogP contribution in [0.3, 0.4) is 0 Å². The molecule has 1 fully saturated rings. The number of rotatable bonds is 2. The maximum absolute atomic E-state index is 11.1. The van der Waals surface area contributed by atoms with Crippen LogP contribution in [-0.2, 0) is 10.1 Å². The van der Waals surface area contributed by atoms with Crippen molar-refractivity contribution in [3.05, 3.63) is 29.3 Å². The molecule has 17 heavy (non-hydrogen) atoms. The van der Waals surface area contributed by atoms with Crippen LogP contribution in [0.2, 0.25) is 0 Å². The lowest BCUT2D eigenvalue weighted by molar-refractivity contribution is 0.411. The summed E-state index contributed by atoms with van der Waals surface area (Å²) in [6.45, 7) is 3.94. The minimum atomic E-state index is -4.10. The largest absolute Gasteiger partial charge is 0.306 e. The van der Waals surface area contributed by atoms with Gasteiger partial charge in [-0.2, -0.15) is 8.42 Å². The molecule has 0 aromatic heterocycles. The Morgan fingerprint density at radius 2 is 2.12 bits per heavy atom. The molecule has 2 rings (SSSR count). The van der Waals surface area contributed by atoms with Gasteiger partial charge in [0, 0.05) is 6.54 Å². The molecule has 1 aliphatic rings. The van der Waals surface area contributed by atoms with Crippen LogP contribution in [-0.4, -0.2) is 38.0 Å². The predicted molar refractivity (Wildman–Crippen MR) is 65.8 cm³/mol. The van der Waals surface area contributed by atoms with Crippen molar-refractivity contribution in [3.8, 4) is 0 Å². The number of benzene rings is 1. The first-order valence-electron chi connectivity index (χ1n) is 5.64. The molecule has 0 spiro atoms. The van der Waals surface area contributed by atoms with Crippen molar-refractivity contribution in [2.24, 2.45) is 0 Å². The van der Waals surface area contributed by atoms with Gasteiger partial charge in [0.05, 0.1) is 4.90 Å². The summed E-state index contributed by atoms with van der Waals surface area (Å²) in [6.07, 6.45) is 1.03. The molecule has 0 amide bonds. The van der Waals surface area contributed by atoms with Crippen LogP contribution in [0, 0.1) is 6.92 Å². The van der Waals surface area contributed by atoms with Gasteiger partial charge in [0.25, 0.3) is 10.1 Å². The third kappa shape index (κ3) is 2.68. The second kappa shape index (κ2) is 4.40. The maximum Gasteiger partial charge on any atom is 0.294 e.